The molecule has 0 N–H and O–H groups in total. The highest BCUT2D eigenvalue weighted by Gasteiger charge is 2.21. The molecule has 0 aliphatic rings. The quantitative estimate of drug-likeness (QED) is 0.217. The van der Waals surface area contributed by atoms with Gasteiger partial charge in [0.1, 0.15) is 5.58 Å². The van der Waals surface area contributed by atoms with E-state index in [4.69, 9.17) is 16.0 Å². The van der Waals surface area contributed by atoms with Gasteiger partial charge in [-0.05, 0) is 36.4 Å². The summed E-state index contributed by atoms with van der Waals surface area (Å²) >= 11 is 6.69. The molecule has 0 amide bonds. The summed E-state index contributed by atoms with van der Waals surface area (Å²) in [5.41, 5.74) is 8.24. The van der Waals surface area contributed by atoms with Gasteiger partial charge in [-0.3, -0.25) is 0 Å². The molecule has 188 valence electrons. The van der Waals surface area contributed by atoms with Gasteiger partial charge in [-0.2, -0.15) is 0 Å². The first kappa shape index (κ1) is 21.9. The van der Waals surface area contributed by atoms with Crippen molar-refractivity contribution in [2.45, 2.75) is 0 Å². The van der Waals surface area contributed by atoms with Crippen LogP contribution in [-0.4, -0.2) is 9.13 Å². The third kappa shape index (κ3) is 2.85. The molecular weight excluding hydrogens is 512 g/mol. The van der Waals surface area contributed by atoms with Crippen LogP contribution >= 0.6 is 11.6 Å². The minimum absolute atomic E-state index is 0.611. The Bertz CT molecular complexity index is 2350. The summed E-state index contributed by atoms with van der Waals surface area (Å²) < 4.78 is 11.3. The molecular formula is C36H21ClN2O. The van der Waals surface area contributed by atoms with Crippen LogP contribution in [0.5, 0.6) is 0 Å². The number of furan rings is 1. The van der Waals surface area contributed by atoms with E-state index in [0.717, 1.165) is 49.8 Å². The van der Waals surface area contributed by atoms with Gasteiger partial charge in [-0.15, -0.1) is 0 Å². The summed E-state index contributed by atoms with van der Waals surface area (Å²) in [5.74, 6) is 0. The molecule has 0 atom stereocenters. The zero-order valence-electron chi connectivity index (χ0n) is 21.3. The van der Waals surface area contributed by atoms with Crippen LogP contribution in [0.15, 0.2) is 132 Å². The van der Waals surface area contributed by atoms with E-state index < -0.39 is 0 Å². The van der Waals surface area contributed by atoms with Crippen LogP contribution in [0.25, 0.3) is 76.9 Å². The van der Waals surface area contributed by atoms with Crippen LogP contribution in [0, 0.1) is 0 Å². The highest BCUT2D eigenvalue weighted by Crippen LogP contribution is 2.42. The minimum atomic E-state index is 0.611. The molecule has 3 nitrogen and oxygen atoms in total. The van der Waals surface area contributed by atoms with Gasteiger partial charge in [-0.1, -0.05) is 96.5 Å². The Hall–Kier alpha value is -4.99. The lowest BCUT2D eigenvalue weighted by molar-refractivity contribution is 0.668. The van der Waals surface area contributed by atoms with E-state index in [0.29, 0.717) is 10.6 Å². The van der Waals surface area contributed by atoms with Gasteiger partial charge in [0.2, 0.25) is 0 Å². The van der Waals surface area contributed by atoms with E-state index in [1.165, 1.54) is 21.5 Å². The van der Waals surface area contributed by atoms with Crippen LogP contribution in [0.3, 0.4) is 0 Å². The summed E-state index contributed by atoms with van der Waals surface area (Å²) in [6.07, 6.45) is 0. The molecule has 4 heteroatoms. The lowest BCUT2D eigenvalue weighted by Crippen LogP contribution is -1.99. The number of hydrogen-bond donors (Lipinski definition) is 0. The summed E-state index contributed by atoms with van der Waals surface area (Å²) in [6, 6.07) is 44.9. The zero-order valence-corrected chi connectivity index (χ0v) is 22.1. The van der Waals surface area contributed by atoms with Crippen molar-refractivity contribution in [1.29, 1.82) is 0 Å². The summed E-state index contributed by atoms with van der Waals surface area (Å²) in [5, 5.41) is 7.56. The fourth-order valence-corrected chi connectivity index (χ4v) is 6.76. The number of nitrogens with zero attached hydrogens (tertiary/aromatic N) is 2. The number of aromatic nitrogens is 2. The molecule has 0 aliphatic carbocycles. The average molecular weight is 533 g/mol. The number of halogens is 1. The molecule has 0 unspecified atom stereocenters. The van der Waals surface area contributed by atoms with Crippen LogP contribution in [-0.2, 0) is 0 Å². The van der Waals surface area contributed by atoms with Gasteiger partial charge >= 0.3 is 0 Å². The molecule has 9 aromatic rings. The average Bonchev–Trinajstić information content (AvgIpc) is 3.65. The third-order valence-corrected chi connectivity index (χ3v) is 8.47. The predicted molar refractivity (Wildman–Crippen MR) is 167 cm³/mol. The molecule has 0 radical (unpaired) electrons. The first-order valence-corrected chi connectivity index (χ1v) is 13.8. The lowest BCUT2D eigenvalue weighted by Gasteiger charge is -2.14. The van der Waals surface area contributed by atoms with Crippen molar-refractivity contribution in [2.24, 2.45) is 0 Å². The van der Waals surface area contributed by atoms with Crippen molar-refractivity contribution in [3.8, 4) is 11.4 Å². The number of hydrogen-bond acceptors (Lipinski definition) is 1. The van der Waals surface area contributed by atoms with Crippen LogP contribution < -0.4 is 0 Å². The van der Waals surface area contributed by atoms with Crippen molar-refractivity contribution >= 4 is 77.2 Å². The lowest BCUT2D eigenvalue weighted by atomic mass is 10.1. The zero-order chi connectivity index (χ0) is 26.4. The van der Waals surface area contributed by atoms with E-state index in [-0.39, 0.29) is 0 Å². The molecule has 0 saturated carbocycles. The van der Waals surface area contributed by atoms with E-state index >= 15 is 0 Å². The normalized spacial score (nSPS) is 12.1. The molecule has 9 rings (SSSR count). The van der Waals surface area contributed by atoms with E-state index in [9.17, 15) is 0 Å². The number of benzene rings is 6. The Balaban J connectivity index is 1.51. The monoisotopic (exact) mass is 532 g/mol. The maximum Gasteiger partial charge on any atom is 0.154 e. The first-order chi connectivity index (χ1) is 19.8. The van der Waals surface area contributed by atoms with E-state index in [2.05, 4.69) is 124 Å². The van der Waals surface area contributed by atoms with Gasteiger partial charge in [0, 0.05) is 33.0 Å². The number of fused-ring (bicyclic) bond motifs is 9. The van der Waals surface area contributed by atoms with Crippen molar-refractivity contribution in [1.82, 2.24) is 9.13 Å². The molecule has 6 aromatic carbocycles. The molecule has 0 fully saturated rings. The molecule has 0 bridgehead atoms. The number of para-hydroxylation sites is 5. The largest absolute Gasteiger partial charge is 0.454 e. The molecule has 3 aromatic heterocycles. The Morgan fingerprint density at radius 1 is 0.475 bits per heavy atom. The van der Waals surface area contributed by atoms with E-state index in [1.807, 2.05) is 12.1 Å². The van der Waals surface area contributed by atoms with Crippen LogP contribution in [0.1, 0.15) is 0 Å². The Kier molecular flexibility index (Phi) is 4.38. The van der Waals surface area contributed by atoms with E-state index in [1.54, 1.807) is 0 Å². The minimum Gasteiger partial charge on any atom is -0.454 e. The van der Waals surface area contributed by atoms with Gasteiger partial charge < -0.3 is 13.6 Å². The summed E-state index contributed by atoms with van der Waals surface area (Å²) in [4.78, 5) is 0. The molecule has 0 aliphatic heterocycles. The van der Waals surface area contributed by atoms with Gasteiger partial charge in [0.05, 0.1) is 43.9 Å². The van der Waals surface area contributed by atoms with Crippen LogP contribution in [0.2, 0.25) is 5.02 Å². The second-order valence-electron chi connectivity index (χ2n) is 10.3. The molecule has 0 spiro atoms. The molecule has 0 saturated heterocycles. The summed E-state index contributed by atoms with van der Waals surface area (Å²) in [6.45, 7) is 0. The first-order valence-electron chi connectivity index (χ1n) is 13.4. The molecule has 40 heavy (non-hydrogen) atoms. The number of rotatable bonds is 2. The Morgan fingerprint density at radius 2 is 0.950 bits per heavy atom. The molecule has 3 heterocycles. The van der Waals surface area contributed by atoms with Crippen molar-refractivity contribution < 1.29 is 4.42 Å². The highest BCUT2D eigenvalue weighted by molar-refractivity contribution is 6.36. The Morgan fingerprint density at radius 3 is 1.50 bits per heavy atom. The van der Waals surface area contributed by atoms with Gasteiger partial charge in [-0.25, -0.2) is 0 Å². The fourth-order valence-electron chi connectivity index (χ4n) is 6.55. The fraction of sp³-hybridized carbons (Fsp3) is 0. The predicted octanol–water partition coefficient (Wildman–Crippen LogP) is 10.4. The smallest absolute Gasteiger partial charge is 0.154 e. The van der Waals surface area contributed by atoms with Crippen molar-refractivity contribution in [3.05, 3.63) is 132 Å². The third-order valence-electron chi connectivity index (χ3n) is 8.17. The Labute approximate surface area is 234 Å². The van der Waals surface area contributed by atoms with Crippen molar-refractivity contribution in [3.63, 3.8) is 0 Å². The highest BCUT2D eigenvalue weighted by atomic mass is 35.5. The maximum absolute atomic E-state index is 6.69. The maximum atomic E-state index is 6.69. The SMILES string of the molecule is Clc1cccc2c1oc1cc(-n3c4ccccc4c4ccccc43)cc(-n3c4ccccc4c4ccccc43)c12. The topological polar surface area (TPSA) is 23.0 Å². The standard InChI is InChI=1S/C36H21ClN2O/c37-28-15-9-14-27-35-33(39-31-18-7-3-12-25(31)26-13-4-8-19-32(26)39)20-22(21-34(35)40-36(27)28)38-29-16-5-1-10-23(29)24-11-2-6-17-30(24)38/h1-21H. The second kappa shape index (κ2) is 8.01. The van der Waals surface area contributed by atoms with Gasteiger partial charge in [0.25, 0.3) is 0 Å². The van der Waals surface area contributed by atoms with Crippen LogP contribution in [0.4, 0.5) is 0 Å². The summed E-state index contributed by atoms with van der Waals surface area (Å²) in [7, 11) is 0. The second-order valence-corrected chi connectivity index (χ2v) is 10.7. The van der Waals surface area contributed by atoms with Crippen molar-refractivity contribution in [2.75, 3.05) is 0 Å². The van der Waals surface area contributed by atoms with Gasteiger partial charge in [0.15, 0.2) is 5.58 Å².